The van der Waals surface area contributed by atoms with Crippen molar-refractivity contribution in [3.05, 3.63) is 118 Å². The van der Waals surface area contributed by atoms with Gasteiger partial charge >= 0.3 is 0 Å². The highest BCUT2D eigenvalue weighted by atomic mass is 35.5. The lowest BCUT2D eigenvalue weighted by molar-refractivity contribution is 0.0883. The maximum absolute atomic E-state index is 12.5. The number of rotatable bonds is 2. The van der Waals surface area contributed by atoms with Gasteiger partial charge in [0.1, 0.15) is 11.3 Å². The molecule has 1 unspecified atom stereocenters. The predicted octanol–water partition coefficient (Wildman–Crippen LogP) is 7.80. The molecule has 0 saturated heterocycles. The van der Waals surface area contributed by atoms with Crippen molar-refractivity contribution < 1.29 is 14.3 Å². The lowest BCUT2D eigenvalue weighted by Gasteiger charge is -2.34. The van der Waals surface area contributed by atoms with Crippen LogP contribution < -0.4 is 4.74 Å². The molecule has 2 heterocycles. The first-order valence-corrected chi connectivity index (χ1v) is 10.9. The second-order valence-corrected chi connectivity index (χ2v) is 8.64. The Labute approximate surface area is 194 Å². The molecule has 1 atom stereocenters. The van der Waals surface area contributed by atoms with E-state index in [-0.39, 0.29) is 0 Å². The summed E-state index contributed by atoms with van der Waals surface area (Å²) in [6, 6.07) is 28.3. The maximum atomic E-state index is 12.5. The number of hydrogen-bond donors (Lipinski definition) is 1. The average Bonchev–Trinajstić information content (AvgIpc) is 3.18. The molecule has 5 aromatic rings. The van der Waals surface area contributed by atoms with Gasteiger partial charge in [-0.15, -0.1) is 0 Å². The minimum absolute atomic E-state index is 0.313. The Morgan fingerprint density at radius 2 is 1.44 bits per heavy atom. The van der Waals surface area contributed by atoms with Crippen LogP contribution in [0.5, 0.6) is 11.5 Å². The fourth-order valence-electron chi connectivity index (χ4n) is 4.43. The first-order chi connectivity index (χ1) is 15.6. The molecule has 0 aliphatic carbocycles. The fraction of sp³-hybridized carbons (Fsp3) is 0.0370. The zero-order valence-corrected chi connectivity index (χ0v) is 18.2. The largest absolute Gasteiger partial charge is 0.453 e. The van der Waals surface area contributed by atoms with Gasteiger partial charge in [-0.3, -0.25) is 0 Å². The Balaban J connectivity index is 1.72. The Kier molecular flexibility index (Phi) is 4.34. The van der Waals surface area contributed by atoms with Crippen molar-refractivity contribution in [1.82, 2.24) is 0 Å². The molecule has 32 heavy (non-hydrogen) atoms. The third kappa shape index (κ3) is 2.79. The molecule has 0 saturated carbocycles. The van der Waals surface area contributed by atoms with E-state index in [1.54, 1.807) is 36.4 Å². The third-order valence-corrected chi connectivity index (χ3v) is 6.35. The van der Waals surface area contributed by atoms with Gasteiger partial charge in [-0.1, -0.05) is 83.9 Å². The number of furan rings is 1. The molecule has 1 aromatic heterocycles. The van der Waals surface area contributed by atoms with Crippen molar-refractivity contribution in [2.24, 2.45) is 0 Å². The normalized spacial score (nSPS) is 17.0. The highest BCUT2D eigenvalue weighted by molar-refractivity contribution is 6.31. The molecule has 4 aromatic carbocycles. The monoisotopic (exact) mass is 458 g/mol. The van der Waals surface area contributed by atoms with Crippen LogP contribution in [0.25, 0.3) is 22.1 Å². The first kappa shape index (κ1) is 19.4. The Morgan fingerprint density at radius 1 is 0.719 bits per heavy atom. The third-order valence-electron chi connectivity index (χ3n) is 5.88. The smallest absolute Gasteiger partial charge is 0.188 e. The fourth-order valence-corrected chi connectivity index (χ4v) is 4.77. The highest BCUT2D eigenvalue weighted by Crippen LogP contribution is 2.55. The summed E-state index contributed by atoms with van der Waals surface area (Å²) < 4.78 is 12.5. The summed E-state index contributed by atoms with van der Waals surface area (Å²) in [6.45, 7) is 0. The standard InChI is InChI=1S/C27H16Cl2O3/c28-17-11-13-23-20(14-17)25-26(32-23)27(30,22-12-10-18(29)15-24(22)31-25)21-9-5-4-8-19(21)16-6-2-1-3-7-16/h1-15,30H. The van der Waals surface area contributed by atoms with Crippen molar-refractivity contribution in [1.29, 1.82) is 0 Å². The molecule has 0 amide bonds. The summed E-state index contributed by atoms with van der Waals surface area (Å²) in [6.07, 6.45) is 0. The van der Waals surface area contributed by atoms with E-state index in [9.17, 15) is 5.11 Å². The zero-order valence-electron chi connectivity index (χ0n) is 16.7. The molecule has 3 nitrogen and oxygen atoms in total. The van der Waals surface area contributed by atoms with E-state index < -0.39 is 5.60 Å². The molecule has 1 N–H and O–H groups in total. The highest BCUT2D eigenvalue weighted by Gasteiger charge is 2.47. The Bertz CT molecular complexity index is 1490. The van der Waals surface area contributed by atoms with Crippen molar-refractivity contribution in [3.8, 4) is 22.6 Å². The Hall–Kier alpha value is -3.24. The number of benzene rings is 4. The van der Waals surface area contributed by atoms with Crippen LogP contribution in [0.1, 0.15) is 16.9 Å². The minimum Gasteiger partial charge on any atom is -0.453 e. The number of hydrogen-bond acceptors (Lipinski definition) is 3. The molecule has 5 heteroatoms. The van der Waals surface area contributed by atoms with Crippen molar-refractivity contribution in [2.75, 3.05) is 0 Å². The van der Waals surface area contributed by atoms with Gasteiger partial charge in [0.15, 0.2) is 17.1 Å². The number of aliphatic hydroxyl groups is 1. The van der Waals surface area contributed by atoms with E-state index in [0.29, 0.717) is 49.4 Å². The molecule has 1 aliphatic rings. The van der Waals surface area contributed by atoms with Gasteiger partial charge in [0.2, 0.25) is 0 Å². The topological polar surface area (TPSA) is 42.6 Å². The second kappa shape index (κ2) is 7.14. The van der Waals surface area contributed by atoms with Gasteiger partial charge in [0, 0.05) is 21.2 Å². The summed E-state index contributed by atoms with van der Waals surface area (Å²) in [4.78, 5) is 0. The van der Waals surface area contributed by atoms with E-state index in [2.05, 4.69) is 0 Å². The molecule has 0 spiro atoms. The number of ether oxygens (including phenoxy) is 1. The van der Waals surface area contributed by atoms with Gasteiger partial charge in [-0.05, 0) is 41.5 Å². The quantitative estimate of drug-likeness (QED) is 0.293. The molecule has 6 rings (SSSR count). The number of halogens is 2. The maximum Gasteiger partial charge on any atom is 0.188 e. The summed E-state index contributed by atoms with van der Waals surface area (Å²) in [5.41, 5.74) is 2.09. The van der Waals surface area contributed by atoms with Crippen LogP contribution in [0.2, 0.25) is 10.0 Å². The SMILES string of the molecule is OC1(c2ccccc2-c2ccccc2)c2ccc(Cl)cc2Oc2c1oc1ccc(Cl)cc21. The molecule has 156 valence electrons. The van der Waals surface area contributed by atoms with E-state index in [1.807, 2.05) is 54.6 Å². The molecular formula is C27H16Cl2O3. The van der Waals surface area contributed by atoms with Gasteiger partial charge in [-0.25, -0.2) is 0 Å². The van der Waals surface area contributed by atoms with Crippen molar-refractivity contribution >= 4 is 34.2 Å². The average molecular weight is 459 g/mol. The summed E-state index contributed by atoms with van der Waals surface area (Å²) in [5.74, 6) is 1.22. The summed E-state index contributed by atoms with van der Waals surface area (Å²) in [5, 5.41) is 14.3. The Morgan fingerprint density at radius 3 is 2.28 bits per heavy atom. The van der Waals surface area contributed by atoms with Crippen LogP contribution in [-0.2, 0) is 5.60 Å². The van der Waals surface area contributed by atoms with E-state index in [0.717, 1.165) is 11.1 Å². The van der Waals surface area contributed by atoms with Crippen LogP contribution in [0, 0.1) is 0 Å². The minimum atomic E-state index is -1.61. The molecule has 0 fully saturated rings. The van der Waals surface area contributed by atoms with Crippen LogP contribution in [0.15, 0.2) is 95.4 Å². The van der Waals surface area contributed by atoms with Gasteiger partial charge in [0.05, 0.1) is 5.39 Å². The second-order valence-electron chi connectivity index (χ2n) is 7.77. The van der Waals surface area contributed by atoms with Crippen LogP contribution in [-0.4, -0.2) is 5.11 Å². The van der Waals surface area contributed by atoms with Gasteiger partial charge in [-0.2, -0.15) is 0 Å². The van der Waals surface area contributed by atoms with Crippen molar-refractivity contribution in [2.45, 2.75) is 5.60 Å². The first-order valence-electron chi connectivity index (χ1n) is 10.1. The number of fused-ring (bicyclic) bond motifs is 4. The van der Waals surface area contributed by atoms with E-state index in [1.165, 1.54) is 0 Å². The van der Waals surface area contributed by atoms with E-state index >= 15 is 0 Å². The summed E-state index contributed by atoms with van der Waals surface area (Å²) in [7, 11) is 0. The lowest BCUT2D eigenvalue weighted by Crippen LogP contribution is -2.32. The van der Waals surface area contributed by atoms with Crippen molar-refractivity contribution in [3.63, 3.8) is 0 Å². The van der Waals surface area contributed by atoms with Crippen LogP contribution in [0.4, 0.5) is 0 Å². The molecule has 1 aliphatic heterocycles. The van der Waals surface area contributed by atoms with Gasteiger partial charge < -0.3 is 14.3 Å². The van der Waals surface area contributed by atoms with Gasteiger partial charge in [0.25, 0.3) is 0 Å². The zero-order chi connectivity index (χ0) is 21.9. The van der Waals surface area contributed by atoms with Crippen LogP contribution >= 0.6 is 23.2 Å². The summed E-state index contributed by atoms with van der Waals surface area (Å²) >= 11 is 12.5. The lowest BCUT2D eigenvalue weighted by atomic mass is 9.78. The molecular weight excluding hydrogens is 443 g/mol. The van der Waals surface area contributed by atoms with E-state index in [4.69, 9.17) is 32.4 Å². The molecule has 0 bridgehead atoms. The van der Waals surface area contributed by atoms with Crippen LogP contribution in [0.3, 0.4) is 0 Å². The molecule has 0 radical (unpaired) electrons. The predicted molar refractivity (Wildman–Crippen MR) is 127 cm³/mol.